The van der Waals surface area contributed by atoms with Crippen molar-refractivity contribution in [2.24, 2.45) is 5.92 Å². The minimum Gasteiger partial charge on any atom is -0.381 e. The molecule has 1 aliphatic heterocycles. The first-order valence-corrected chi connectivity index (χ1v) is 7.77. The average Bonchev–Trinajstić information content (AvgIpc) is 2.78. The molecule has 1 aromatic heterocycles. The van der Waals surface area contributed by atoms with Gasteiger partial charge in [-0.1, -0.05) is 6.07 Å². The lowest BCUT2D eigenvalue weighted by Crippen LogP contribution is -2.23. The second-order valence-corrected chi connectivity index (χ2v) is 6.43. The van der Waals surface area contributed by atoms with Gasteiger partial charge in [0, 0.05) is 19.1 Å². The van der Waals surface area contributed by atoms with Gasteiger partial charge in [-0.05, 0) is 44.4 Å². The fraction of sp³-hybridized carbons (Fsp3) is 0.562. The van der Waals surface area contributed by atoms with Gasteiger partial charge in [0.25, 0.3) is 0 Å². The van der Waals surface area contributed by atoms with Crippen molar-refractivity contribution in [2.45, 2.75) is 38.6 Å². The number of hydrogen-bond acceptors (Lipinski definition) is 2. The molecule has 0 bridgehead atoms. The number of nitrogens with zero attached hydrogens (tertiary/aromatic N) is 2. The van der Waals surface area contributed by atoms with Crippen LogP contribution in [0.5, 0.6) is 0 Å². The van der Waals surface area contributed by atoms with Crippen LogP contribution in [-0.2, 0) is 11.3 Å². The van der Waals surface area contributed by atoms with E-state index in [0.29, 0.717) is 5.92 Å². The van der Waals surface area contributed by atoms with Crippen LogP contribution in [0, 0.1) is 12.8 Å². The van der Waals surface area contributed by atoms with E-state index in [2.05, 4.69) is 29.7 Å². The van der Waals surface area contributed by atoms with Crippen LogP contribution >= 0.6 is 11.6 Å². The third-order valence-electron chi connectivity index (χ3n) is 3.98. The highest BCUT2D eigenvalue weighted by Crippen LogP contribution is 2.27. The Morgan fingerprint density at radius 2 is 2.35 bits per heavy atom. The first-order chi connectivity index (χ1) is 9.65. The molecule has 20 heavy (non-hydrogen) atoms. The normalized spacial score (nSPS) is 21.2. The zero-order valence-electron chi connectivity index (χ0n) is 12.1. The van der Waals surface area contributed by atoms with Crippen LogP contribution in [0.2, 0.25) is 0 Å². The summed E-state index contributed by atoms with van der Waals surface area (Å²) in [6, 6.07) is 6.43. The zero-order chi connectivity index (χ0) is 14.1. The van der Waals surface area contributed by atoms with Crippen LogP contribution in [0.25, 0.3) is 11.0 Å². The Kier molecular flexibility index (Phi) is 3.99. The number of imidazole rings is 1. The molecule has 4 heteroatoms. The van der Waals surface area contributed by atoms with E-state index < -0.39 is 0 Å². The summed E-state index contributed by atoms with van der Waals surface area (Å²) < 4.78 is 7.88. The Balaban J connectivity index is 1.99. The summed E-state index contributed by atoms with van der Waals surface area (Å²) in [6.07, 6.45) is 2.38. The third-order valence-corrected chi connectivity index (χ3v) is 4.18. The molecule has 1 aliphatic rings. The van der Waals surface area contributed by atoms with Crippen molar-refractivity contribution < 1.29 is 4.74 Å². The average molecular weight is 293 g/mol. The number of halogens is 1. The van der Waals surface area contributed by atoms with Crippen molar-refractivity contribution in [3.8, 4) is 0 Å². The summed E-state index contributed by atoms with van der Waals surface area (Å²) >= 11 is 6.32. The molecule has 1 aromatic carbocycles. The minimum atomic E-state index is -0.0767. The highest BCUT2D eigenvalue weighted by molar-refractivity contribution is 6.20. The number of alkyl halides is 1. The maximum atomic E-state index is 6.32. The van der Waals surface area contributed by atoms with Crippen LogP contribution in [0.4, 0.5) is 0 Å². The first kappa shape index (κ1) is 13.9. The van der Waals surface area contributed by atoms with Gasteiger partial charge >= 0.3 is 0 Å². The van der Waals surface area contributed by atoms with Crippen LogP contribution in [0.3, 0.4) is 0 Å². The zero-order valence-corrected chi connectivity index (χ0v) is 12.9. The van der Waals surface area contributed by atoms with Gasteiger partial charge in [-0.3, -0.25) is 0 Å². The summed E-state index contributed by atoms with van der Waals surface area (Å²) in [5, 5.41) is -0.0767. The highest BCUT2D eigenvalue weighted by Gasteiger charge is 2.20. The van der Waals surface area contributed by atoms with E-state index in [-0.39, 0.29) is 5.38 Å². The molecule has 0 spiro atoms. The van der Waals surface area contributed by atoms with Gasteiger partial charge in [0.15, 0.2) is 0 Å². The van der Waals surface area contributed by atoms with E-state index in [9.17, 15) is 0 Å². The molecule has 3 nitrogen and oxygen atoms in total. The standard InChI is InChI=1S/C16H21ClN2O/c1-11-5-6-15-14(8-11)18-16(12(2)17)19(15)9-13-4-3-7-20-10-13/h5-6,8,12-13H,3-4,7,9-10H2,1-2H3. The summed E-state index contributed by atoms with van der Waals surface area (Å²) in [7, 11) is 0. The van der Waals surface area contributed by atoms with Gasteiger partial charge in [-0.2, -0.15) is 0 Å². The fourth-order valence-electron chi connectivity index (χ4n) is 2.96. The van der Waals surface area contributed by atoms with Gasteiger partial charge in [0.1, 0.15) is 5.82 Å². The topological polar surface area (TPSA) is 27.1 Å². The van der Waals surface area contributed by atoms with Crippen molar-refractivity contribution in [3.63, 3.8) is 0 Å². The van der Waals surface area contributed by atoms with E-state index >= 15 is 0 Å². The van der Waals surface area contributed by atoms with Crippen LogP contribution in [0.1, 0.15) is 36.5 Å². The second-order valence-electron chi connectivity index (χ2n) is 5.77. The Bertz CT molecular complexity index is 600. The van der Waals surface area contributed by atoms with E-state index in [4.69, 9.17) is 21.3 Å². The SMILES string of the molecule is Cc1ccc2c(c1)nc(C(C)Cl)n2CC1CCCOC1. The molecule has 108 valence electrons. The van der Waals surface area contributed by atoms with Crippen molar-refractivity contribution in [1.29, 1.82) is 0 Å². The van der Waals surface area contributed by atoms with Gasteiger partial charge in [-0.15, -0.1) is 11.6 Å². The van der Waals surface area contributed by atoms with Crippen molar-refractivity contribution in [2.75, 3.05) is 13.2 Å². The lowest BCUT2D eigenvalue weighted by Gasteiger charge is -2.23. The molecule has 2 unspecified atom stereocenters. The van der Waals surface area contributed by atoms with Crippen molar-refractivity contribution >= 4 is 22.6 Å². The minimum absolute atomic E-state index is 0.0767. The lowest BCUT2D eigenvalue weighted by molar-refractivity contribution is 0.0485. The predicted octanol–water partition coefficient (Wildman–Crippen LogP) is 4.07. The molecular formula is C16H21ClN2O. The summed E-state index contributed by atoms with van der Waals surface area (Å²) in [5.74, 6) is 1.54. The van der Waals surface area contributed by atoms with Gasteiger partial charge in [0.05, 0.1) is 23.0 Å². The Hall–Kier alpha value is -1.06. The Morgan fingerprint density at radius 3 is 3.05 bits per heavy atom. The fourth-order valence-corrected chi connectivity index (χ4v) is 3.13. The molecular weight excluding hydrogens is 272 g/mol. The largest absolute Gasteiger partial charge is 0.381 e. The number of benzene rings is 1. The van der Waals surface area contributed by atoms with E-state index in [1.165, 1.54) is 17.5 Å². The summed E-state index contributed by atoms with van der Waals surface area (Å²) in [5.41, 5.74) is 3.46. The van der Waals surface area contributed by atoms with Crippen molar-refractivity contribution in [3.05, 3.63) is 29.6 Å². The number of aromatic nitrogens is 2. The molecule has 2 heterocycles. The van der Waals surface area contributed by atoms with E-state index in [1.54, 1.807) is 0 Å². The van der Waals surface area contributed by atoms with E-state index in [1.807, 2.05) is 6.92 Å². The smallest absolute Gasteiger partial charge is 0.127 e. The monoisotopic (exact) mass is 292 g/mol. The van der Waals surface area contributed by atoms with Gasteiger partial charge in [-0.25, -0.2) is 4.98 Å². The van der Waals surface area contributed by atoms with Crippen LogP contribution < -0.4 is 0 Å². The van der Waals surface area contributed by atoms with Crippen LogP contribution in [0.15, 0.2) is 18.2 Å². The molecule has 1 saturated heterocycles. The number of hydrogen-bond donors (Lipinski definition) is 0. The predicted molar refractivity (Wildman–Crippen MR) is 82.3 cm³/mol. The maximum absolute atomic E-state index is 6.32. The molecule has 2 atom stereocenters. The number of rotatable bonds is 3. The maximum Gasteiger partial charge on any atom is 0.127 e. The number of ether oxygens (including phenoxy) is 1. The molecule has 2 aromatic rings. The lowest BCUT2D eigenvalue weighted by atomic mass is 10.0. The second kappa shape index (κ2) is 5.74. The quantitative estimate of drug-likeness (QED) is 0.797. The molecule has 1 fully saturated rings. The van der Waals surface area contributed by atoms with Crippen LogP contribution in [-0.4, -0.2) is 22.8 Å². The van der Waals surface area contributed by atoms with E-state index in [0.717, 1.165) is 37.5 Å². The number of fused-ring (bicyclic) bond motifs is 1. The number of aryl methyl sites for hydroxylation is 1. The first-order valence-electron chi connectivity index (χ1n) is 7.34. The molecule has 0 saturated carbocycles. The summed E-state index contributed by atoms with van der Waals surface area (Å²) in [4.78, 5) is 4.73. The third kappa shape index (κ3) is 2.70. The van der Waals surface area contributed by atoms with Crippen molar-refractivity contribution in [1.82, 2.24) is 9.55 Å². The molecule has 0 N–H and O–H groups in total. The Morgan fingerprint density at radius 1 is 1.50 bits per heavy atom. The Labute approximate surface area is 124 Å². The molecule has 3 rings (SSSR count). The van der Waals surface area contributed by atoms with Gasteiger partial charge in [0.2, 0.25) is 0 Å². The molecule has 0 aliphatic carbocycles. The summed E-state index contributed by atoms with van der Waals surface area (Å²) in [6.45, 7) is 6.79. The highest BCUT2D eigenvalue weighted by atomic mass is 35.5. The van der Waals surface area contributed by atoms with Gasteiger partial charge < -0.3 is 9.30 Å². The molecule has 0 radical (unpaired) electrons. The molecule has 0 amide bonds.